The standard InChI is InChI=1S/C17H22N2O6/c1-2-24-15(21)9-18-16(22)14-8-13(20)10-19(14)17(23)25-11-12-6-4-3-5-7-12/h3-7,13-14,20H,2,8-11H2,1H3,(H,18,22). The molecule has 8 nitrogen and oxygen atoms in total. The fourth-order valence-corrected chi connectivity index (χ4v) is 2.56. The lowest BCUT2D eigenvalue weighted by Gasteiger charge is -2.22. The van der Waals surface area contributed by atoms with Gasteiger partial charge >= 0.3 is 12.1 Å². The van der Waals surface area contributed by atoms with Gasteiger partial charge in [-0.2, -0.15) is 0 Å². The number of esters is 1. The van der Waals surface area contributed by atoms with Crippen LogP contribution >= 0.6 is 0 Å². The van der Waals surface area contributed by atoms with Gasteiger partial charge in [-0.1, -0.05) is 30.3 Å². The highest BCUT2D eigenvalue weighted by Crippen LogP contribution is 2.19. The van der Waals surface area contributed by atoms with E-state index in [4.69, 9.17) is 9.47 Å². The molecule has 2 amide bonds. The zero-order valence-corrected chi connectivity index (χ0v) is 14.0. The van der Waals surface area contributed by atoms with Crippen molar-refractivity contribution in [3.63, 3.8) is 0 Å². The van der Waals surface area contributed by atoms with E-state index in [1.807, 2.05) is 30.3 Å². The number of nitrogens with one attached hydrogen (secondary N) is 1. The molecule has 0 aromatic heterocycles. The molecule has 1 aliphatic rings. The third-order valence-corrected chi connectivity index (χ3v) is 3.73. The van der Waals surface area contributed by atoms with Crippen LogP contribution in [0.1, 0.15) is 18.9 Å². The van der Waals surface area contributed by atoms with Crippen LogP contribution in [0.2, 0.25) is 0 Å². The summed E-state index contributed by atoms with van der Waals surface area (Å²) in [5.41, 5.74) is 0.818. The van der Waals surface area contributed by atoms with Crippen molar-refractivity contribution in [3.05, 3.63) is 35.9 Å². The van der Waals surface area contributed by atoms with E-state index in [1.54, 1.807) is 6.92 Å². The number of nitrogens with zero attached hydrogens (tertiary/aromatic N) is 1. The normalized spacial score (nSPS) is 19.4. The monoisotopic (exact) mass is 350 g/mol. The summed E-state index contributed by atoms with van der Waals surface area (Å²) in [5.74, 6) is -1.09. The Balaban J connectivity index is 1.89. The van der Waals surface area contributed by atoms with Crippen LogP contribution in [0, 0.1) is 0 Å². The third kappa shape index (κ3) is 5.46. The summed E-state index contributed by atoms with van der Waals surface area (Å²) < 4.78 is 9.94. The van der Waals surface area contributed by atoms with Crippen molar-refractivity contribution in [1.29, 1.82) is 0 Å². The maximum absolute atomic E-state index is 12.2. The van der Waals surface area contributed by atoms with Gasteiger partial charge in [0.2, 0.25) is 5.91 Å². The molecule has 1 aromatic carbocycles. The molecule has 0 aliphatic carbocycles. The van der Waals surface area contributed by atoms with Gasteiger partial charge in [0.15, 0.2) is 0 Å². The van der Waals surface area contributed by atoms with Crippen LogP contribution in [0.25, 0.3) is 0 Å². The molecule has 1 aromatic rings. The number of β-amino-alcohol motifs (C(OH)–C–C–N with tert-alkyl or cyclic N) is 1. The smallest absolute Gasteiger partial charge is 0.410 e. The molecule has 2 rings (SSSR count). The van der Waals surface area contributed by atoms with E-state index in [0.29, 0.717) is 0 Å². The van der Waals surface area contributed by atoms with Crippen molar-refractivity contribution in [1.82, 2.24) is 10.2 Å². The first-order chi connectivity index (χ1) is 12.0. The van der Waals surface area contributed by atoms with E-state index in [-0.39, 0.29) is 32.7 Å². The van der Waals surface area contributed by atoms with E-state index >= 15 is 0 Å². The second-order valence-electron chi connectivity index (χ2n) is 5.62. The van der Waals surface area contributed by atoms with E-state index in [1.165, 1.54) is 4.90 Å². The topological polar surface area (TPSA) is 105 Å². The molecule has 0 spiro atoms. The van der Waals surface area contributed by atoms with E-state index < -0.39 is 30.1 Å². The molecule has 1 saturated heterocycles. The highest BCUT2D eigenvalue weighted by Gasteiger charge is 2.39. The Bertz CT molecular complexity index is 606. The highest BCUT2D eigenvalue weighted by atomic mass is 16.6. The van der Waals surface area contributed by atoms with Gasteiger partial charge in [0.1, 0.15) is 19.2 Å². The highest BCUT2D eigenvalue weighted by molar-refractivity contribution is 5.88. The van der Waals surface area contributed by atoms with Crippen LogP contribution in [0.15, 0.2) is 30.3 Å². The van der Waals surface area contributed by atoms with E-state index in [2.05, 4.69) is 5.32 Å². The fourth-order valence-electron chi connectivity index (χ4n) is 2.56. The fraction of sp³-hybridized carbons (Fsp3) is 0.471. The van der Waals surface area contributed by atoms with E-state index in [9.17, 15) is 19.5 Å². The predicted molar refractivity (Wildman–Crippen MR) is 87.4 cm³/mol. The third-order valence-electron chi connectivity index (χ3n) is 3.73. The molecule has 0 saturated carbocycles. The molecule has 2 N–H and O–H groups in total. The van der Waals surface area contributed by atoms with Crippen LogP contribution in [0.5, 0.6) is 0 Å². The first kappa shape index (κ1) is 18.7. The first-order valence-corrected chi connectivity index (χ1v) is 8.10. The second-order valence-corrected chi connectivity index (χ2v) is 5.62. The average Bonchev–Trinajstić information content (AvgIpc) is 3.01. The molecule has 1 aliphatic heterocycles. The average molecular weight is 350 g/mol. The molecule has 1 heterocycles. The van der Waals surface area contributed by atoms with Gasteiger partial charge < -0.3 is 19.9 Å². The van der Waals surface area contributed by atoms with Gasteiger partial charge in [-0.05, 0) is 12.5 Å². The lowest BCUT2D eigenvalue weighted by Crippen LogP contribution is -2.47. The summed E-state index contributed by atoms with van der Waals surface area (Å²) in [6, 6.07) is 8.26. The summed E-state index contributed by atoms with van der Waals surface area (Å²) in [4.78, 5) is 36.9. The van der Waals surface area contributed by atoms with Gasteiger partial charge in [-0.3, -0.25) is 14.5 Å². The van der Waals surface area contributed by atoms with Crippen LogP contribution in [-0.4, -0.2) is 59.8 Å². The number of aliphatic hydroxyl groups excluding tert-OH is 1. The Kier molecular flexibility index (Phi) is 6.76. The Morgan fingerprint density at radius 1 is 1.24 bits per heavy atom. The van der Waals surface area contributed by atoms with Gasteiger partial charge in [0.25, 0.3) is 0 Å². The number of hydrogen-bond acceptors (Lipinski definition) is 6. The Morgan fingerprint density at radius 3 is 2.64 bits per heavy atom. The molecule has 8 heteroatoms. The number of likely N-dealkylation sites (tertiary alicyclic amines) is 1. The number of benzene rings is 1. The predicted octanol–water partition coefficient (Wildman–Crippen LogP) is 0.438. The molecule has 0 radical (unpaired) electrons. The maximum Gasteiger partial charge on any atom is 0.410 e. The maximum atomic E-state index is 12.2. The molecular weight excluding hydrogens is 328 g/mol. The van der Waals surface area contributed by atoms with Crippen molar-refractivity contribution in [3.8, 4) is 0 Å². The lowest BCUT2D eigenvalue weighted by molar-refractivity contribution is -0.143. The minimum Gasteiger partial charge on any atom is -0.465 e. The number of aliphatic hydroxyl groups is 1. The largest absolute Gasteiger partial charge is 0.465 e. The summed E-state index contributed by atoms with van der Waals surface area (Å²) in [6.07, 6.45) is -1.41. The van der Waals surface area contributed by atoms with Crippen LogP contribution in [-0.2, 0) is 25.7 Å². The SMILES string of the molecule is CCOC(=O)CNC(=O)C1CC(O)CN1C(=O)OCc1ccccc1. The Hall–Kier alpha value is -2.61. The van der Waals surface area contributed by atoms with Crippen molar-refractivity contribution >= 4 is 18.0 Å². The van der Waals surface area contributed by atoms with Crippen molar-refractivity contribution < 1.29 is 29.0 Å². The van der Waals surface area contributed by atoms with E-state index in [0.717, 1.165) is 5.56 Å². The zero-order valence-electron chi connectivity index (χ0n) is 14.0. The molecule has 2 unspecified atom stereocenters. The Labute approximate surface area is 145 Å². The number of ether oxygens (including phenoxy) is 2. The van der Waals surface area contributed by atoms with Gasteiger partial charge in [0, 0.05) is 6.42 Å². The minimum atomic E-state index is -0.882. The van der Waals surface area contributed by atoms with Crippen molar-refractivity contribution in [2.45, 2.75) is 32.1 Å². The molecule has 2 atom stereocenters. The second kappa shape index (κ2) is 9.03. The number of carbonyl (C=O) groups is 3. The number of rotatable bonds is 6. The number of hydrogen-bond donors (Lipinski definition) is 2. The van der Waals surface area contributed by atoms with Crippen LogP contribution < -0.4 is 5.32 Å². The molecule has 136 valence electrons. The molecular formula is C17H22N2O6. The lowest BCUT2D eigenvalue weighted by atomic mass is 10.2. The first-order valence-electron chi connectivity index (χ1n) is 8.10. The van der Waals surface area contributed by atoms with Crippen molar-refractivity contribution in [2.24, 2.45) is 0 Å². The molecule has 1 fully saturated rings. The number of carbonyl (C=O) groups excluding carboxylic acids is 3. The van der Waals surface area contributed by atoms with Gasteiger partial charge in [0.05, 0.1) is 19.3 Å². The summed E-state index contributed by atoms with van der Waals surface area (Å²) in [6.45, 7) is 1.67. The minimum absolute atomic E-state index is 0.00508. The van der Waals surface area contributed by atoms with Crippen molar-refractivity contribution in [2.75, 3.05) is 19.7 Å². The summed E-state index contributed by atoms with van der Waals surface area (Å²) in [5, 5.41) is 12.2. The number of amides is 2. The quantitative estimate of drug-likeness (QED) is 0.721. The van der Waals surface area contributed by atoms with Crippen LogP contribution in [0.4, 0.5) is 4.79 Å². The van der Waals surface area contributed by atoms with Gasteiger partial charge in [-0.15, -0.1) is 0 Å². The van der Waals surface area contributed by atoms with Crippen LogP contribution in [0.3, 0.4) is 0 Å². The summed E-state index contributed by atoms with van der Waals surface area (Å²) in [7, 11) is 0. The zero-order chi connectivity index (χ0) is 18.2. The molecule has 0 bridgehead atoms. The Morgan fingerprint density at radius 2 is 1.96 bits per heavy atom. The molecule has 25 heavy (non-hydrogen) atoms. The van der Waals surface area contributed by atoms with Gasteiger partial charge in [-0.25, -0.2) is 4.79 Å². The summed E-state index contributed by atoms with van der Waals surface area (Å²) >= 11 is 0.